The Morgan fingerprint density at radius 2 is 0.714 bits per heavy atom. The number of benzene rings is 2. The van der Waals surface area contributed by atoms with E-state index in [0.29, 0.717) is 46.0 Å². The minimum atomic E-state index is -0.0329. The van der Waals surface area contributed by atoms with E-state index in [1.165, 1.54) is 0 Å². The van der Waals surface area contributed by atoms with Crippen LogP contribution < -0.4 is 37.9 Å². The van der Waals surface area contributed by atoms with Crippen LogP contribution in [0.2, 0.25) is 0 Å². The zero-order chi connectivity index (χ0) is 35.6. The molecule has 3 aromatic heterocycles. The Kier molecular flexibility index (Phi) is 11.3. The maximum Gasteiger partial charge on any atom is 0.180 e. The molecule has 0 aliphatic heterocycles. The van der Waals surface area contributed by atoms with Gasteiger partial charge in [0.05, 0.1) is 95.3 Å². The summed E-state index contributed by atoms with van der Waals surface area (Å²) < 4.78 is 48.4. The minimum Gasteiger partial charge on any atom is -0.496 e. The summed E-state index contributed by atoms with van der Waals surface area (Å²) >= 11 is 4.86. The first-order valence-electron chi connectivity index (χ1n) is 15.8. The summed E-state index contributed by atoms with van der Waals surface area (Å²) in [6, 6.07) is 11.6. The van der Waals surface area contributed by atoms with Gasteiger partial charge in [-0.25, -0.2) is 0 Å². The van der Waals surface area contributed by atoms with Crippen molar-refractivity contribution < 1.29 is 37.9 Å². The number of thiophene rings is 3. The van der Waals surface area contributed by atoms with Crippen molar-refractivity contribution in [2.45, 2.75) is 53.8 Å². The van der Waals surface area contributed by atoms with E-state index in [0.717, 1.165) is 51.5 Å². The molecule has 0 saturated carbocycles. The lowest BCUT2D eigenvalue weighted by molar-refractivity contribution is 0.242. The van der Waals surface area contributed by atoms with Gasteiger partial charge in [-0.1, -0.05) is 12.1 Å². The molecule has 0 spiro atoms. The van der Waals surface area contributed by atoms with Crippen LogP contribution in [0.3, 0.4) is 0 Å². The Balaban J connectivity index is 1.75. The molecule has 0 amide bonds. The monoisotopic (exact) mass is 724 g/mol. The standard InChI is InChI=1S/C38H44O8S3/c1-19(2)45-25-17-13-15-23(39-7)27(25)35-29(41-9)31(43-11)37(48-35)33-21(5)22(6)34(47-33)38-32(44-12)30(42-10)36(49-38)28-24(40-8)16-14-18-26(28)46-20(3)4/h13-20H,1-12H3. The summed E-state index contributed by atoms with van der Waals surface area (Å²) in [6.07, 6.45) is -0.0658. The Bertz CT molecular complexity index is 1800. The Morgan fingerprint density at radius 1 is 0.408 bits per heavy atom. The average Bonchev–Trinajstić information content (AvgIpc) is 3.73. The molecule has 0 fully saturated rings. The van der Waals surface area contributed by atoms with Gasteiger partial charge in [-0.2, -0.15) is 0 Å². The zero-order valence-corrected chi connectivity index (χ0v) is 32.6. The highest BCUT2D eigenvalue weighted by atomic mass is 32.1. The van der Waals surface area contributed by atoms with Crippen LogP contribution >= 0.6 is 34.0 Å². The molecule has 5 rings (SSSR count). The number of methoxy groups -OCH3 is 6. The molecule has 0 saturated heterocycles. The highest BCUT2D eigenvalue weighted by molar-refractivity contribution is 7.28. The lowest BCUT2D eigenvalue weighted by Gasteiger charge is -2.17. The predicted octanol–water partition coefficient (Wildman–Crippen LogP) is 10.8. The van der Waals surface area contributed by atoms with Crippen LogP contribution in [0.5, 0.6) is 46.0 Å². The summed E-state index contributed by atoms with van der Waals surface area (Å²) in [6.45, 7) is 12.3. The topological polar surface area (TPSA) is 73.8 Å². The van der Waals surface area contributed by atoms with Crippen LogP contribution in [-0.2, 0) is 0 Å². The Morgan fingerprint density at radius 3 is 1.02 bits per heavy atom. The van der Waals surface area contributed by atoms with E-state index >= 15 is 0 Å². The third kappa shape index (κ3) is 6.63. The molecule has 8 nitrogen and oxygen atoms in total. The van der Waals surface area contributed by atoms with Gasteiger partial charge >= 0.3 is 0 Å². The fourth-order valence-corrected chi connectivity index (χ4v) is 9.98. The quantitative estimate of drug-likeness (QED) is 0.112. The fraction of sp³-hybridized carbons (Fsp3) is 0.368. The first kappa shape index (κ1) is 36.2. The lowest BCUT2D eigenvalue weighted by atomic mass is 10.1. The molecular weight excluding hydrogens is 681 g/mol. The molecule has 0 N–H and O–H groups in total. The number of hydrogen-bond donors (Lipinski definition) is 0. The van der Waals surface area contributed by atoms with Gasteiger partial charge in [0.2, 0.25) is 0 Å². The number of hydrogen-bond acceptors (Lipinski definition) is 11. The second-order valence-electron chi connectivity index (χ2n) is 11.7. The summed E-state index contributed by atoms with van der Waals surface area (Å²) in [5.74, 6) is 5.35. The Labute approximate surface area is 301 Å². The first-order chi connectivity index (χ1) is 23.5. The molecule has 49 heavy (non-hydrogen) atoms. The van der Waals surface area contributed by atoms with E-state index < -0.39 is 0 Å². The van der Waals surface area contributed by atoms with Gasteiger partial charge in [0.25, 0.3) is 0 Å². The highest BCUT2D eigenvalue weighted by Gasteiger charge is 2.32. The van der Waals surface area contributed by atoms with Gasteiger partial charge in [0, 0.05) is 0 Å². The molecule has 0 atom stereocenters. The lowest BCUT2D eigenvalue weighted by Crippen LogP contribution is -2.07. The molecule has 0 radical (unpaired) electrons. The van der Waals surface area contributed by atoms with Crippen LogP contribution in [0, 0.1) is 13.8 Å². The molecule has 2 aromatic carbocycles. The van der Waals surface area contributed by atoms with E-state index in [2.05, 4.69) is 13.8 Å². The predicted molar refractivity (Wildman–Crippen MR) is 202 cm³/mol. The second kappa shape index (κ2) is 15.2. The van der Waals surface area contributed by atoms with E-state index in [1.807, 2.05) is 64.1 Å². The van der Waals surface area contributed by atoms with Gasteiger partial charge in [-0.15, -0.1) is 34.0 Å². The van der Waals surface area contributed by atoms with E-state index in [4.69, 9.17) is 37.9 Å². The van der Waals surface area contributed by atoms with Crippen molar-refractivity contribution in [2.24, 2.45) is 0 Å². The maximum atomic E-state index is 6.26. The average molecular weight is 725 g/mol. The van der Waals surface area contributed by atoms with Crippen molar-refractivity contribution in [3.63, 3.8) is 0 Å². The largest absolute Gasteiger partial charge is 0.496 e. The molecule has 0 aliphatic rings. The number of rotatable bonds is 14. The van der Waals surface area contributed by atoms with Crippen molar-refractivity contribution >= 4 is 34.0 Å². The summed E-state index contributed by atoms with van der Waals surface area (Å²) in [5, 5.41) is 0. The van der Waals surface area contributed by atoms with Crippen molar-refractivity contribution in [3.8, 4) is 86.4 Å². The molecule has 11 heteroatoms. The second-order valence-corrected chi connectivity index (χ2v) is 14.7. The normalized spacial score (nSPS) is 11.2. The third-order valence-electron chi connectivity index (χ3n) is 7.92. The molecule has 262 valence electrons. The molecule has 3 heterocycles. The van der Waals surface area contributed by atoms with Gasteiger partial charge < -0.3 is 37.9 Å². The summed E-state index contributed by atoms with van der Waals surface area (Å²) in [7, 11) is 9.99. The van der Waals surface area contributed by atoms with Crippen LogP contribution in [0.4, 0.5) is 0 Å². The van der Waals surface area contributed by atoms with Crippen LogP contribution in [0.25, 0.3) is 40.4 Å². The van der Waals surface area contributed by atoms with Crippen molar-refractivity contribution in [2.75, 3.05) is 42.7 Å². The fourth-order valence-electron chi connectivity index (χ4n) is 5.71. The van der Waals surface area contributed by atoms with Crippen molar-refractivity contribution in [1.29, 1.82) is 0 Å². The summed E-state index contributed by atoms with van der Waals surface area (Å²) in [4.78, 5) is 5.76. The van der Waals surface area contributed by atoms with Gasteiger partial charge in [-0.05, 0) is 76.9 Å². The molecular formula is C38H44O8S3. The smallest absolute Gasteiger partial charge is 0.180 e. The minimum absolute atomic E-state index is 0.0329. The Hall–Kier alpha value is -4.06. The van der Waals surface area contributed by atoms with Crippen LogP contribution in [-0.4, -0.2) is 54.9 Å². The molecule has 5 aromatic rings. The molecule has 0 aliphatic carbocycles. The SMILES string of the molecule is COc1cccc(OC(C)C)c1-c1sc(-c2sc(-c3sc(-c4c(OC)cccc4OC(C)C)c(OC)c3OC)c(C)c2C)c(OC)c1OC. The van der Waals surface area contributed by atoms with Gasteiger partial charge in [0.15, 0.2) is 23.0 Å². The first-order valence-corrected chi connectivity index (χ1v) is 18.3. The van der Waals surface area contributed by atoms with E-state index in [9.17, 15) is 0 Å². The van der Waals surface area contributed by atoms with Crippen molar-refractivity contribution in [3.05, 3.63) is 47.5 Å². The van der Waals surface area contributed by atoms with Gasteiger partial charge in [0.1, 0.15) is 23.0 Å². The van der Waals surface area contributed by atoms with Crippen LogP contribution in [0.1, 0.15) is 38.8 Å². The maximum absolute atomic E-state index is 6.26. The van der Waals surface area contributed by atoms with Crippen LogP contribution in [0.15, 0.2) is 36.4 Å². The van der Waals surface area contributed by atoms with Gasteiger partial charge in [-0.3, -0.25) is 0 Å². The third-order valence-corrected chi connectivity index (χ3v) is 12.0. The molecule has 0 unspecified atom stereocenters. The molecule has 0 bridgehead atoms. The zero-order valence-electron chi connectivity index (χ0n) is 30.1. The van der Waals surface area contributed by atoms with E-state index in [-0.39, 0.29) is 12.2 Å². The van der Waals surface area contributed by atoms with E-state index in [1.54, 1.807) is 76.7 Å². The van der Waals surface area contributed by atoms with Crippen molar-refractivity contribution in [1.82, 2.24) is 0 Å². The number of ether oxygens (including phenoxy) is 8. The summed E-state index contributed by atoms with van der Waals surface area (Å²) in [5.41, 5.74) is 3.90. The highest BCUT2D eigenvalue weighted by Crippen LogP contribution is 2.61.